The van der Waals surface area contributed by atoms with Gasteiger partial charge >= 0.3 is 5.97 Å². The molecule has 0 spiro atoms. The maximum atomic E-state index is 12.8. The van der Waals surface area contributed by atoms with Gasteiger partial charge in [0.05, 0.1) is 7.11 Å². The van der Waals surface area contributed by atoms with E-state index in [1.165, 1.54) is 23.0 Å². The van der Waals surface area contributed by atoms with Crippen molar-refractivity contribution in [2.45, 2.75) is 6.92 Å². The van der Waals surface area contributed by atoms with Gasteiger partial charge in [0, 0.05) is 18.0 Å². The maximum absolute atomic E-state index is 12.8. The van der Waals surface area contributed by atoms with Gasteiger partial charge in [0.15, 0.2) is 0 Å². The van der Waals surface area contributed by atoms with Crippen LogP contribution in [0.4, 0.5) is 0 Å². The Bertz CT molecular complexity index is 1050. The molecule has 0 aliphatic rings. The van der Waals surface area contributed by atoms with Crippen molar-refractivity contribution in [3.8, 4) is 0 Å². The Hall–Kier alpha value is -3.29. The molecule has 0 radical (unpaired) electrons. The third kappa shape index (κ3) is 3.42. The Balaban J connectivity index is 2.21. The zero-order valence-electron chi connectivity index (χ0n) is 17.0. The molecule has 0 bridgehead atoms. The molecule has 0 N–H and O–H groups in total. The largest absolute Gasteiger partial charge is 0.465 e. The number of aromatic nitrogens is 1. The third-order valence-corrected chi connectivity index (χ3v) is 9.53. The monoisotopic (exact) mass is 412 g/mol. The van der Waals surface area contributed by atoms with Gasteiger partial charge in [-0.1, -0.05) is 54.6 Å². The summed E-state index contributed by atoms with van der Waals surface area (Å²) in [6.07, 6.45) is 1.65. The lowest BCUT2D eigenvalue weighted by molar-refractivity contribution is 0.0602. The molecule has 3 nitrogen and oxygen atoms in total. The quantitative estimate of drug-likeness (QED) is 0.370. The van der Waals surface area contributed by atoms with Gasteiger partial charge in [0.2, 0.25) is 0 Å². The molecule has 0 amide bonds. The van der Waals surface area contributed by atoms with Crippen LogP contribution >= 0.6 is 7.26 Å². The van der Waals surface area contributed by atoms with Crippen molar-refractivity contribution in [1.29, 1.82) is 0 Å². The first-order chi connectivity index (χ1) is 14.7. The number of hydrogen-bond donors (Lipinski definition) is 0. The second-order valence-electron chi connectivity index (χ2n) is 7.01. The summed E-state index contributed by atoms with van der Waals surface area (Å²) in [6, 6.07) is 33.4. The molecule has 0 saturated heterocycles. The number of ether oxygens (including phenoxy) is 1. The summed E-state index contributed by atoms with van der Waals surface area (Å²) in [4.78, 5) is 17.3. The van der Waals surface area contributed by atoms with Crippen molar-refractivity contribution < 1.29 is 9.53 Å². The van der Waals surface area contributed by atoms with Gasteiger partial charge < -0.3 is 4.74 Å². The normalized spacial score (nSPS) is 11.1. The van der Waals surface area contributed by atoms with Crippen LogP contribution in [0.3, 0.4) is 0 Å². The highest BCUT2D eigenvalue weighted by molar-refractivity contribution is 8.01. The fourth-order valence-electron chi connectivity index (χ4n) is 3.91. The highest BCUT2D eigenvalue weighted by Crippen LogP contribution is 2.54. The number of rotatable bonds is 5. The number of carbonyl (C=O) groups excluding carboxylic acids is 1. The summed E-state index contributed by atoms with van der Waals surface area (Å²) < 4.78 is 5.16. The average molecular weight is 412 g/mol. The molecule has 4 rings (SSSR count). The van der Waals surface area contributed by atoms with Gasteiger partial charge in [-0.3, -0.25) is 4.98 Å². The second-order valence-corrected chi connectivity index (χ2v) is 10.4. The summed E-state index contributed by atoms with van der Waals surface area (Å²) in [6.45, 7) is 1.96. The number of esters is 1. The number of carbonyl (C=O) groups is 1. The number of aryl methyl sites for hydroxylation is 1. The van der Waals surface area contributed by atoms with Crippen molar-refractivity contribution in [2.24, 2.45) is 0 Å². The minimum atomic E-state index is -2.38. The first kappa shape index (κ1) is 20.0. The Morgan fingerprint density at radius 2 is 1.20 bits per heavy atom. The topological polar surface area (TPSA) is 39.2 Å². The average Bonchev–Trinajstić information content (AvgIpc) is 2.81. The van der Waals surface area contributed by atoms with Crippen LogP contribution < -0.4 is 21.2 Å². The highest BCUT2D eigenvalue weighted by Gasteiger charge is 2.50. The lowest BCUT2D eigenvalue weighted by atomic mass is 10.2. The first-order valence-electron chi connectivity index (χ1n) is 9.79. The number of hydrogen-bond acceptors (Lipinski definition) is 3. The Morgan fingerprint density at radius 1 is 0.767 bits per heavy atom. The molecule has 0 unspecified atom stereocenters. The Kier molecular flexibility index (Phi) is 5.74. The molecular weight excluding hydrogens is 389 g/mol. The van der Waals surface area contributed by atoms with Crippen LogP contribution in [0.5, 0.6) is 0 Å². The predicted molar refractivity (Wildman–Crippen MR) is 125 cm³/mol. The van der Waals surface area contributed by atoms with E-state index in [2.05, 4.69) is 77.8 Å². The van der Waals surface area contributed by atoms with Crippen LogP contribution in [0.2, 0.25) is 0 Å². The lowest BCUT2D eigenvalue weighted by Crippen LogP contribution is -2.41. The summed E-state index contributed by atoms with van der Waals surface area (Å²) in [5.41, 5.74) is 1.37. The molecule has 3 aromatic carbocycles. The molecular formula is C26H23NO2P+. The van der Waals surface area contributed by atoms with E-state index >= 15 is 0 Å². The van der Waals surface area contributed by atoms with E-state index in [9.17, 15) is 4.79 Å². The fourth-order valence-corrected chi connectivity index (χ4v) is 8.39. The number of methoxy groups -OCH3 is 1. The molecule has 148 valence electrons. The molecule has 0 aliphatic heterocycles. The minimum absolute atomic E-state index is 0.371. The SMILES string of the molecule is COC(=O)c1cnc(C)cc1[P+](c1ccccc1)(c1ccccc1)c1ccccc1. The van der Waals surface area contributed by atoms with Crippen molar-refractivity contribution >= 4 is 34.4 Å². The molecule has 4 heteroatoms. The standard InChI is InChI=1S/C26H23NO2P/c1-20-18-25(24(19-27-20)26(28)29-2)30(21-12-6-3-7-13-21,22-14-8-4-9-15-22)23-16-10-5-11-17-23/h3-19H,1-2H3/q+1. The fraction of sp³-hybridized carbons (Fsp3) is 0.0769. The predicted octanol–water partition coefficient (Wildman–Crippen LogP) is 3.80. The molecule has 1 aromatic heterocycles. The van der Waals surface area contributed by atoms with Crippen molar-refractivity contribution in [1.82, 2.24) is 4.98 Å². The van der Waals surface area contributed by atoms with Gasteiger partial charge in [-0.25, -0.2) is 4.79 Å². The minimum Gasteiger partial charge on any atom is -0.465 e. The molecule has 30 heavy (non-hydrogen) atoms. The van der Waals surface area contributed by atoms with E-state index in [1.54, 1.807) is 6.20 Å². The summed E-state index contributed by atoms with van der Waals surface area (Å²) in [7, 11) is -0.962. The van der Waals surface area contributed by atoms with Gasteiger partial charge in [0.25, 0.3) is 0 Å². The van der Waals surface area contributed by atoms with Crippen LogP contribution in [-0.2, 0) is 4.74 Å². The highest BCUT2D eigenvalue weighted by atomic mass is 31.2. The first-order valence-corrected chi connectivity index (χ1v) is 11.6. The van der Waals surface area contributed by atoms with E-state index in [0.29, 0.717) is 5.56 Å². The van der Waals surface area contributed by atoms with Crippen molar-refractivity contribution in [2.75, 3.05) is 7.11 Å². The molecule has 0 atom stereocenters. The Labute approximate surface area is 177 Å². The van der Waals surface area contributed by atoms with E-state index in [-0.39, 0.29) is 5.97 Å². The summed E-state index contributed by atoms with van der Waals surface area (Å²) in [5, 5.41) is 4.50. The number of nitrogens with zero attached hydrogens (tertiary/aromatic N) is 1. The van der Waals surface area contributed by atoms with Crippen LogP contribution in [-0.4, -0.2) is 18.1 Å². The van der Waals surface area contributed by atoms with E-state index in [0.717, 1.165) is 11.0 Å². The van der Waals surface area contributed by atoms with Crippen molar-refractivity contribution in [3.05, 3.63) is 115 Å². The van der Waals surface area contributed by atoms with Crippen molar-refractivity contribution in [3.63, 3.8) is 0 Å². The van der Waals surface area contributed by atoms with Crippen LogP contribution in [0.25, 0.3) is 0 Å². The van der Waals surface area contributed by atoms with E-state index < -0.39 is 7.26 Å². The third-order valence-electron chi connectivity index (χ3n) is 5.22. The van der Waals surface area contributed by atoms with Gasteiger partial charge in [-0.2, -0.15) is 0 Å². The molecule has 0 fully saturated rings. The zero-order valence-corrected chi connectivity index (χ0v) is 17.9. The van der Waals surface area contributed by atoms with Gasteiger partial charge in [-0.05, 0) is 43.3 Å². The Morgan fingerprint density at radius 3 is 1.60 bits per heavy atom. The smallest absolute Gasteiger partial charge is 0.343 e. The lowest BCUT2D eigenvalue weighted by Gasteiger charge is -2.28. The van der Waals surface area contributed by atoms with Gasteiger partial charge in [0.1, 0.15) is 34.0 Å². The zero-order chi connectivity index (χ0) is 21.0. The number of pyridine rings is 1. The molecule has 4 aromatic rings. The van der Waals surface area contributed by atoms with Gasteiger partial charge in [-0.15, -0.1) is 0 Å². The molecule has 1 heterocycles. The number of benzene rings is 3. The second kappa shape index (κ2) is 8.61. The van der Waals surface area contributed by atoms with Crippen LogP contribution in [0, 0.1) is 6.92 Å². The van der Waals surface area contributed by atoms with E-state index in [4.69, 9.17) is 4.74 Å². The molecule has 0 saturated carbocycles. The summed E-state index contributed by atoms with van der Waals surface area (Å²) >= 11 is 0. The summed E-state index contributed by atoms with van der Waals surface area (Å²) in [5.74, 6) is -0.371. The van der Waals surface area contributed by atoms with E-state index in [1.807, 2.05) is 31.2 Å². The van der Waals surface area contributed by atoms with Crippen LogP contribution in [0.15, 0.2) is 103 Å². The molecule has 0 aliphatic carbocycles. The van der Waals surface area contributed by atoms with Crippen LogP contribution in [0.1, 0.15) is 16.1 Å². The maximum Gasteiger partial charge on any atom is 0.343 e.